The SMILES string of the molecule is CCCCOC(C)C(=O)NC(C(=O)O)c1ccc(Br)cc1. The molecule has 2 atom stereocenters. The molecule has 0 radical (unpaired) electrons. The summed E-state index contributed by atoms with van der Waals surface area (Å²) >= 11 is 3.29. The van der Waals surface area contributed by atoms with Crippen molar-refractivity contribution in [2.45, 2.75) is 38.8 Å². The lowest BCUT2D eigenvalue weighted by Gasteiger charge is -2.18. The maximum atomic E-state index is 12.0. The summed E-state index contributed by atoms with van der Waals surface area (Å²) in [4.78, 5) is 23.3. The van der Waals surface area contributed by atoms with Gasteiger partial charge in [0.2, 0.25) is 5.91 Å². The van der Waals surface area contributed by atoms with Gasteiger partial charge in [0.15, 0.2) is 6.04 Å². The molecule has 1 amide bonds. The molecule has 0 spiro atoms. The van der Waals surface area contributed by atoms with Crippen molar-refractivity contribution in [3.05, 3.63) is 34.3 Å². The first-order valence-corrected chi connectivity index (χ1v) is 7.65. The molecule has 1 aromatic carbocycles. The maximum absolute atomic E-state index is 12.0. The third kappa shape index (κ3) is 5.85. The van der Waals surface area contributed by atoms with Crippen LogP contribution < -0.4 is 5.32 Å². The zero-order valence-electron chi connectivity index (χ0n) is 12.1. The Hall–Kier alpha value is -1.40. The van der Waals surface area contributed by atoms with Crippen LogP contribution in [-0.4, -0.2) is 29.7 Å². The number of carboxylic acid groups (broad SMARTS) is 1. The van der Waals surface area contributed by atoms with Gasteiger partial charge >= 0.3 is 5.97 Å². The Labute approximate surface area is 132 Å². The van der Waals surface area contributed by atoms with Crippen LogP contribution in [0.25, 0.3) is 0 Å². The molecule has 0 aliphatic heterocycles. The molecule has 1 aromatic rings. The highest BCUT2D eigenvalue weighted by molar-refractivity contribution is 9.10. The molecule has 21 heavy (non-hydrogen) atoms. The summed E-state index contributed by atoms with van der Waals surface area (Å²) in [7, 11) is 0. The Kier molecular flexibility index (Phi) is 7.39. The number of amides is 1. The summed E-state index contributed by atoms with van der Waals surface area (Å²) in [5.74, 6) is -1.53. The predicted molar refractivity (Wildman–Crippen MR) is 83.0 cm³/mol. The first-order valence-electron chi connectivity index (χ1n) is 6.86. The summed E-state index contributed by atoms with van der Waals surface area (Å²) in [6.07, 6.45) is 1.17. The molecule has 2 unspecified atom stereocenters. The van der Waals surface area contributed by atoms with Crippen molar-refractivity contribution >= 4 is 27.8 Å². The van der Waals surface area contributed by atoms with Crippen molar-refractivity contribution in [1.29, 1.82) is 0 Å². The van der Waals surface area contributed by atoms with Crippen molar-refractivity contribution in [3.8, 4) is 0 Å². The fourth-order valence-corrected chi connectivity index (χ4v) is 1.95. The van der Waals surface area contributed by atoms with Gasteiger partial charge in [0, 0.05) is 11.1 Å². The van der Waals surface area contributed by atoms with Crippen LogP contribution in [0, 0.1) is 0 Å². The fraction of sp³-hybridized carbons (Fsp3) is 0.467. The second kappa shape index (κ2) is 8.79. The van der Waals surface area contributed by atoms with Crippen LogP contribution in [0.3, 0.4) is 0 Å². The van der Waals surface area contributed by atoms with E-state index in [0.29, 0.717) is 12.2 Å². The monoisotopic (exact) mass is 357 g/mol. The van der Waals surface area contributed by atoms with Gasteiger partial charge in [-0.15, -0.1) is 0 Å². The Bertz CT molecular complexity index is 475. The zero-order chi connectivity index (χ0) is 15.8. The highest BCUT2D eigenvalue weighted by atomic mass is 79.9. The number of unbranched alkanes of at least 4 members (excludes halogenated alkanes) is 1. The molecule has 5 nitrogen and oxygen atoms in total. The number of benzene rings is 1. The number of halogens is 1. The smallest absolute Gasteiger partial charge is 0.330 e. The third-order valence-electron chi connectivity index (χ3n) is 2.97. The molecule has 0 saturated heterocycles. The van der Waals surface area contributed by atoms with Gasteiger partial charge in [0.05, 0.1) is 0 Å². The number of ether oxygens (including phenoxy) is 1. The highest BCUT2D eigenvalue weighted by Gasteiger charge is 2.24. The van der Waals surface area contributed by atoms with Gasteiger partial charge in [-0.25, -0.2) is 4.79 Å². The van der Waals surface area contributed by atoms with Gasteiger partial charge in [-0.2, -0.15) is 0 Å². The number of carbonyl (C=O) groups is 2. The number of hydrogen-bond donors (Lipinski definition) is 2. The van der Waals surface area contributed by atoms with Crippen molar-refractivity contribution in [2.24, 2.45) is 0 Å². The summed E-state index contributed by atoms with van der Waals surface area (Å²) in [6, 6.07) is 5.71. The number of nitrogens with one attached hydrogen (secondary N) is 1. The van der Waals surface area contributed by atoms with Crippen LogP contribution >= 0.6 is 15.9 Å². The molecule has 0 bridgehead atoms. The molecule has 0 aliphatic carbocycles. The van der Waals surface area contributed by atoms with Crippen LogP contribution in [-0.2, 0) is 14.3 Å². The van der Waals surface area contributed by atoms with E-state index in [0.717, 1.165) is 17.3 Å². The first kappa shape index (κ1) is 17.7. The van der Waals surface area contributed by atoms with E-state index in [4.69, 9.17) is 4.74 Å². The van der Waals surface area contributed by atoms with Crippen LogP contribution in [0.15, 0.2) is 28.7 Å². The molecule has 2 N–H and O–H groups in total. The first-order chi connectivity index (χ1) is 9.95. The van der Waals surface area contributed by atoms with Crippen molar-refractivity contribution in [1.82, 2.24) is 5.32 Å². The number of carboxylic acids is 1. The van der Waals surface area contributed by atoms with Crippen LogP contribution in [0.2, 0.25) is 0 Å². The summed E-state index contributed by atoms with van der Waals surface area (Å²) in [6.45, 7) is 4.13. The van der Waals surface area contributed by atoms with E-state index < -0.39 is 24.0 Å². The molecule has 0 heterocycles. The average molecular weight is 358 g/mol. The van der Waals surface area contributed by atoms with Gasteiger partial charge in [-0.3, -0.25) is 4.79 Å². The van der Waals surface area contributed by atoms with Gasteiger partial charge in [-0.1, -0.05) is 41.4 Å². The molecular formula is C15H20BrNO4. The molecule has 0 aromatic heterocycles. The van der Waals surface area contributed by atoms with E-state index in [-0.39, 0.29) is 0 Å². The minimum atomic E-state index is -1.11. The van der Waals surface area contributed by atoms with Gasteiger partial charge in [0.25, 0.3) is 0 Å². The Morgan fingerprint density at radius 1 is 1.33 bits per heavy atom. The van der Waals surface area contributed by atoms with E-state index in [1.807, 2.05) is 6.92 Å². The quantitative estimate of drug-likeness (QED) is 0.701. The maximum Gasteiger partial charge on any atom is 0.330 e. The van der Waals surface area contributed by atoms with E-state index in [2.05, 4.69) is 21.2 Å². The normalized spacial score (nSPS) is 13.5. The topological polar surface area (TPSA) is 75.6 Å². The van der Waals surface area contributed by atoms with Crippen LogP contribution in [0.1, 0.15) is 38.3 Å². The third-order valence-corrected chi connectivity index (χ3v) is 3.50. The number of carbonyl (C=O) groups excluding carboxylic acids is 1. The van der Waals surface area contributed by atoms with E-state index in [1.165, 1.54) is 0 Å². The predicted octanol–water partition coefficient (Wildman–Crippen LogP) is 2.90. The summed E-state index contributed by atoms with van der Waals surface area (Å²) in [5.41, 5.74) is 0.514. The Morgan fingerprint density at radius 3 is 2.48 bits per heavy atom. The van der Waals surface area contributed by atoms with Crippen molar-refractivity contribution < 1.29 is 19.4 Å². The highest BCUT2D eigenvalue weighted by Crippen LogP contribution is 2.17. The van der Waals surface area contributed by atoms with Crippen molar-refractivity contribution in [2.75, 3.05) is 6.61 Å². The van der Waals surface area contributed by atoms with Gasteiger partial charge < -0.3 is 15.2 Å². The van der Waals surface area contributed by atoms with E-state index in [9.17, 15) is 14.7 Å². The lowest BCUT2D eigenvalue weighted by molar-refractivity contribution is -0.144. The standard InChI is InChI=1S/C15H20BrNO4/c1-3-4-9-21-10(2)14(18)17-13(15(19)20)11-5-7-12(16)8-6-11/h5-8,10,13H,3-4,9H2,1-2H3,(H,17,18)(H,19,20). The zero-order valence-corrected chi connectivity index (χ0v) is 13.7. The van der Waals surface area contributed by atoms with E-state index in [1.54, 1.807) is 31.2 Å². The van der Waals surface area contributed by atoms with Crippen LogP contribution in [0.4, 0.5) is 0 Å². The lowest BCUT2D eigenvalue weighted by atomic mass is 10.1. The average Bonchev–Trinajstić information content (AvgIpc) is 2.45. The molecule has 1 rings (SSSR count). The molecule has 0 aliphatic rings. The van der Waals surface area contributed by atoms with Crippen LogP contribution in [0.5, 0.6) is 0 Å². The molecule has 6 heteroatoms. The molecule has 116 valence electrons. The minimum absolute atomic E-state index is 0.429. The van der Waals surface area contributed by atoms with Gasteiger partial charge in [0.1, 0.15) is 6.10 Å². The fourth-order valence-electron chi connectivity index (χ4n) is 1.68. The number of hydrogen-bond acceptors (Lipinski definition) is 3. The van der Waals surface area contributed by atoms with Crippen molar-refractivity contribution in [3.63, 3.8) is 0 Å². The summed E-state index contributed by atoms with van der Waals surface area (Å²) in [5, 5.41) is 11.8. The Morgan fingerprint density at radius 2 is 1.95 bits per heavy atom. The van der Waals surface area contributed by atoms with E-state index >= 15 is 0 Å². The molecular weight excluding hydrogens is 338 g/mol. The number of aliphatic carboxylic acids is 1. The summed E-state index contributed by atoms with van der Waals surface area (Å²) < 4.78 is 6.21. The number of rotatable bonds is 8. The second-order valence-electron chi connectivity index (χ2n) is 4.70. The lowest BCUT2D eigenvalue weighted by Crippen LogP contribution is -2.40. The minimum Gasteiger partial charge on any atom is -0.479 e. The molecule has 0 saturated carbocycles. The van der Waals surface area contributed by atoms with Gasteiger partial charge in [-0.05, 0) is 31.0 Å². The Balaban J connectivity index is 2.68. The molecule has 0 fully saturated rings. The second-order valence-corrected chi connectivity index (χ2v) is 5.61. The largest absolute Gasteiger partial charge is 0.479 e.